The maximum Gasteiger partial charge on any atom is 0.256 e. The van der Waals surface area contributed by atoms with Crippen molar-refractivity contribution in [2.75, 3.05) is 25.0 Å². The molecule has 0 bridgehead atoms. The molecule has 0 saturated carbocycles. The van der Waals surface area contributed by atoms with Crippen LogP contribution in [-0.2, 0) is 0 Å². The van der Waals surface area contributed by atoms with Gasteiger partial charge < -0.3 is 15.3 Å². The number of carbonyl (C=O) groups excluding carboxylic acids is 1. The molecule has 4 nitrogen and oxygen atoms in total. The zero-order valence-corrected chi connectivity index (χ0v) is 12.1. The van der Waals surface area contributed by atoms with Crippen molar-refractivity contribution in [2.24, 2.45) is 0 Å². The van der Waals surface area contributed by atoms with Crippen LogP contribution in [0.3, 0.4) is 0 Å². The first-order valence-corrected chi connectivity index (χ1v) is 7.52. The largest absolute Gasteiger partial charge is 0.394 e. The molecular formula is C16H24N2O2. The van der Waals surface area contributed by atoms with E-state index in [9.17, 15) is 9.90 Å². The molecule has 0 aliphatic carbocycles. The van der Waals surface area contributed by atoms with Crippen LogP contribution in [0, 0.1) is 0 Å². The van der Waals surface area contributed by atoms with E-state index in [1.807, 2.05) is 36.1 Å². The Bertz CT molecular complexity index is 448. The summed E-state index contributed by atoms with van der Waals surface area (Å²) in [5.74, 6) is 0.0301. The molecule has 1 aromatic rings. The molecule has 2 N–H and O–H groups in total. The number of rotatable bonds is 4. The highest BCUT2D eigenvalue weighted by Crippen LogP contribution is 2.22. The van der Waals surface area contributed by atoms with Gasteiger partial charge in [0.25, 0.3) is 5.91 Å². The second-order valence-corrected chi connectivity index (χ2v) is 5.26. The lowest BCUT2D eigenvalue weighted by atomic mass is 10.1. The highest BCUT2D eigenvalue weighted by Gasteiger charge is 2.26. The van der Waals surface area contributed by atoms with Crippen molar-refractivity contribution in [2.45, 2.75) is 38.6 Å². The number of anilines is 1. The molecule has 20 heavy (non-hydrogen) atoms. The first kappa shape index (κ1) is 14.9. The maximum atomic E-state index is 12.8. The molecule has 0 aromatic heterocycles. The van der Waals surface area contributed by atoms with Crippen LogP contribution in [0.25, 0.3) is 0 Å². The van der Waals surface area contributed by atoms with E-state index in [0.29, 0.717) is 5.56 Å². The van der Waals surface area contributed by atoms with Gasteiger partial charge in [0.05, 0.1) is 18.2 Å². The Labute approximate surface area is 120 Å². The van der Waals surface area contributed by atoms with Gasteiger partial charge in [0.15, 0.2) is 0 Å². The third-order valence-corrected chi connectivity index (χ3v) is 3.87. The Morgan fingerprint density at radius 2 is 2.15 bits per heavy atom. The number of aliphatic hydroxyl groups is 1. The van der Waals surface area contributed by atoms with Gasteiger partial charge in [-0.1, -0.05) is 25.0 Å². The minimum absolute atomic E-state index is 0.0301. The Morgan fingerprint density at radius 1 is 1.35 bits per heavy atom. The monoisotopic (exact) mass is 276 g/mol. The number of nitrogens with one attached hydrogen (secondary N) is 1. The van der Waals surface area contributed by atoms with Crippen LogP contribution in [-0.4, -0.2) is 41.7 Å². The lowest BCUT2D eigenvalue weighted by Gasteiger charge is -2.29. The summed E-state index contributed by atoms with van der Waals surface area (Å²) in [6.07, 6.45) is 4.14. The van der Waals surface area contributed by atoms with E-state index in [0.717, 1.165) is 44.5 Å². The van der Waals surface area contributed by atoms with E-state index in [1.165, 1.54) is 0 Å². The quantitative estimate of drug-likeness (QED) is 0.888. The number of para-hydroxylation sites is 1. The van der Waals surface area contributed by atoms with Crippen molar-refractivity contribution in [3.8, 4) is 0 Å². The minimum Gasteiger partial charge on any atom is -0.394 e. The van der Waals surface area contributed by atoms with Gasteiger partial charge >= 0.3 is 0 Å². The Kier molecular flexibility index (Phi) is 5.41. The smallest absolute Gasteiger partial charge is 0.256 e. The lowest BCUT2D eigenvalue weighted by Crippen LogP contribution is -2.42. The van der Waals surface area contributed by atoms with E-state index in [1.54, 1.807) is 0 Å². The molecule has 1 fully saturated rings. The number of likely N-dealkylation sites (tertiary alicyclic amines) is 1. The third-order valence-electron chi connectivity index (χ3n) is 3.87. The van der Waals surface area contributed by atoms with Crippen LogP contribution in [0.1, 0.15) is 43.0 Å². The van der Waals surface area contributed by atoms with E-state index in [-0.39, 0.29) is 18.6 Å². The van der Waals surface area contributed by atoms with Crippen LogP contribution in [0.5, 0.6) is 0 Å². The van der Waals surface area contributed by atoms with Crippen LogP contribution < -0.4 is 5.32 Å². The van der Waals surface area contributed by atoms with Gasteiger partial charge in [-0.3, -0.25) is 4.79 Å². The zero-order chi connectivity index (χ0) is 14.4. The summed E-state index contributed by atoms with van der Waals surface area (Å²) in [6.45, 7) is 3.59. The molecular weight excluding hydrogens is 252 g/mol. The molecule has 2 rings (SSSR count). The predicted molar refractivity (Wildman–Crippen MR) is 81.0 cm³/mol. The van der Waals surface area contributed by atoms with E-state index in [4.69, 9.17) is 0 Å². The van der Waals surface area contributed by atoms with Crippen LogP contribution in [0.15, 0.2) is 24.3 Å². The third kappa shape index (κ3) is 3.31. The Hall–Kier alpha value is -1.55. The molecule has 4 heteroatoms. The summed E-state index contributed by atoms with van der Waals surface area (Å²) in [5, 5.41) is 12.8. The van der Waals surface area contributed by atoms with Crippen molar-refractivity contribution in [3.63, 3.8) is 0 Å². The number of carbonyl (C=O) groups is 1. The molecule has 1 aliphatic heterocycles. The molecule has 1 amide bonds. The lowest BCUT2D eigenvalue weighted by molar-refractivity contribution is 0.0601. The molecule has 1 heterocycles. The van der Waals surface area contributed by atoms with Gasteiger partial charge in [-0.2, -0.15) is 0 Å². The second-order valence-electron chi connectivity index (χ2n) is 5.26. The standard InChI is InChI=1S/C16H24N2O2/c1-2-17-15-10-6-5-9-14(15)16(20)18-11-7-3-4-8-13(18)12-19/h5-6,9-10,13,17,19H,2-4,7-8,11-12H2,1H3. The molecule has 110 valence electrons. The van der Waals surface area contributed by atoms with Crippen molar-refractivity contribution >= 4 is 11.6 Å². The van der Waals surface area contributed by atoms with Gasteiger partial charge in [-0.25, -0.2) is 0 Å². The molecule has 1 atom stereocenters. The SMILES string of the molecule is CCNc1ccccc1C(=O)N1CCCCCC1CO. The van der Waals surface area contributed by atoms with Crippen LogP contribution in [0.2, 0.25) is 0 Å². The number of aliphatic hydroxyl groups excluding tert-OH is 1. The topological polar surface area (TPSA) is 52.6 Å². The highest BCUT2D eigenvalue weighted by atomic mass is 16.3. The van der Waals surface area contributed by atoms with Gasteiger partial charge in [0, 0.05) is 18.8 Å². The van der Waals surface area contributed by atoms with Gasteiger partial charge in [-0.15, -0.1) is 0 Å². The fourth-order valence-corrected chi connectivity index (χ4v) is 2.80. The number of nitrogens with zero attached hydrogens (tertiary/aromatic N) is 1. The fourth-order valence-electron chi connectivity index (χ4n) is 2.80. The fraction of sp³-hybridized carbons (Fsp3) is 0.562. The summed E-state index contributed by atoms with van der Waals surface area (Å²) in [5.41, 5.74) is 1.58. The Balaban J connectivity index is 2.24. The second kappa shape index (κ2) is 7.29. The van der Waals surface area contributed by atoms with Crippen LogP contribution >= 0.6 is 0 Å². The van der Waals surface area contributed by atoms with Crippen molar-refractivity contribution < 1.29 is 9.90 Å². The van der Waals surface area contributed by atoms with Gasteiger partial charge in [0.1, 0.15) is 0 Å². The molecule has 1 unspecified atom stereocenters. The predicted octanol–water partition coefficient (Wildman–Crippen LogP) is 2.50. The first-order valence-electron chi connectivity index (χ1n) is 7.52. The number of hydrogen-bond acceptors (Lipinski definition) is 3. The summed E-state index contributed by atoms with van der Waals surface area (Å²) in [7, 11) is 0. The molecule has 1 aliphatic rings. The number of benzene rings is 1. The van der Waals surface area contributed by atoms with E-state index < -0.39 is 0 Å². The van der Waals surface area contributed by atoms with E-state index >= 15 is 0 Å². The van der Waals surface area contributed by atoms with Crippen molar-refractivity contribution in [1.82, 2.24) is 4.90 Å². The van der Waals surface area contributed by atoms with Gasteiger partial charge in [-0.05, 0) is 31.9 Å². The zero-order valence-electron chi connectivity index (χ0n) is 12.1. The van der Waals surface area contributed by atoms with Crippen molar-refractivity contribution in [1.29, 1.82) is 0 Å². The average molecular weight is 276 g/mol. The summed E-state index contributed by atoms with van der Waals surface area (Å²) < 4.78 is 0. The first-order chi connectivity index (χ1) is 9.77. The van der Waals surface area contributed by atoms with Crippen molar-refractivity contribution in [3.05, 3.63) is 29.8 Å². The summed E-state index contributed by atoms with van der Waals surface area (Å²) in [4.78, 5) is 14.6. The van der Waals surface area contributed by atoms with E-state index in [2.05, 4.69) is 5.32 Å². The number of amides is 1. The molecule has 1 saturated heterocycles. The average Bonchev–Trinajstić information content (AvgIpc) is 2.72. The molecule has 1 aromatic carbocycles. The maximum absolute atomic E-state index is 12.8. The normalized spacial score (nSPS) is 19.5. The summed E-state index contributed by atoms with van der Waals surface area (Å²) >= 11 is 0. The molecule has 0 spiro atoms. The highest BCUT2D eigenvalue weighted by molar-refractivity contribution is 5.99. The summed E-state index contributed by atoms with van der Waals surface area (Å²) in [6, 6.07) is 7.57. The minimum atomic E-state index is -0.0420. The van der Waals surface area contributed by atoms with Crippen LogP contribution in [0.4, 0.5) is 5.69 Å². The number of hydrogen-bond donors (Lipinski definition) is 2. The van der Waals surface area contributed by atoms with Gasteiger partial charge in [0.2, 0.25) is 0 Å². The Morgan fingerprint density at radius 3 is 2.90 bits per heavy atom. The molecule has 0 radical (unpaired) electrons.